The minimum atomic E-state index is -4.50. The summed E-state index contributed by atoms with van der Waals surface area (Å²) in [6.45, 7) is 3.07. The Morgan fingerprint density at radius 3 is 1.94 bits per heavy atom. The number of ether oxygens (including phenoxy) is 1. The van der Waals surface area contributed by atoms with Gasteiger partial charge in [-0.2, -0.15) is 13.2 Å². The van der Waals surface area contributed by atoms with E-state index in [0.29, 0.717) is 17.0 Å². The highest BCUT2D eigenvalue weighted by molar-refractivity contribution is 5.92. The lowest BCUT2D eigenvalue weighted by atomic mass is 10.1. The summed E-state index contributed by atoms with van der Waals surface area (Å²) in [5, 5.41) is 9.04. The van der Waals surface area contributed by atoms with Crippen molar-refractivity contribution >= 4 is 11.9 Å². The molecule has 186 valence electrons. The molecule has 1 amide bonds. The summed E-state index contributed by atoms with van der Waals surface area (Å²) in [6, 6.07) is 22.6. The van der Waals surface area contributed by atoms with Crippen molar-refractivity contribution in [1.82, 2.24) is 4.57 Å². The summed E-state index contributed by atoms with van der Waals surface area (Å²) in [5.41, 5.74) is 5.46. The second-order valence-electron chi connectivity index (χ2n) is 7.74. The summed E-state index contributed by atoms with van der Waals surface area (Å²) >= 11 is 0. The third-order valence-electron chi connectivity index (χ3n) is 5.23. The predicted molar refractivity (Wildman–Crippen MR) is 129 cm³/mol. The van der Waals surface area contributed by atoms with E-state index < -0.39 is 23.6 Å². The maximum Gasteiger partial charge on any atom is 0.418 e. The number of carbonyl (C=O) groups excluding carboxylic acids is 1. The van der Waals surface area contributed by atoms with Gasteiger partial charge in [0.15, 0.2) is 0 Å². The number of carbonyl (C=O) groups is 2. The van der Waals surface area contributed by atoms with Crippen molar-refractivity contribution in [3.05, 3.63) is 113 Å². The van der Waals surface area contributed by atoms with Crippen LogP contribution in [0, 0.1) is 13.8 Å². The second-order valence-corrected chi connectivity index (χ2v) is 7.74. The Kier molecular flexibility index (Phi) is 7.83. The monoisotopic (exact) mass is 496 g/mol. The molecular weight excluding hydrogens is 473 g/mol. The van der Waals surface area contributed by atoms with Gasteiger partial charge in [-0.05, 0) is 68.4 Å². The molecule has 36 heavy (non-hydrogen) atoms. The number of halogens is 3. The van der Waals surface area contributed by atoms with Gasteiger partial charge in [0.05, 0.1) is 16.8 Å². The maximum absolute atomic E-state index is 13.0. The van der Waals surface area contributed by atoms with Crippen LogP contribution in [0.4, 0.5) is 13.2 Å². The lowest BCUT2D eigenvalue weighted by molar-refractivity contribution is -0.137. The van der Waals surface area contributed by atoms with Gasteiger partial charge < -0.3 is 20.1 Å². The maximum atomic E-state index is 13.0. The number of benzene rings is 3. The highest BCUT2D eigenvalue weighted by Crippen LogP contribution is 2.35. The van der Waals surface area contributed by atoms with Crippen LogP contribution >= 0.6 is 0 Å². The van der Waals surface area contributed by atoms with Gasteiger partial charge in [0.25, 0.3) is 0 Å². The Labute approximate surface area is 205 Å². The molecule has 0 atom stereocenters. The van der Waals surface area contributed by atoms with E-state index in [0.717, 1.165) is 11.8 Å². The lowest BCUT2D eigenvalue weighted by Crippen LogP contribution is -2.12. The van der Waals surface area contributed by atoms with Gasteiger partial charge in [-0.25, -0.2) is 4.79 Å². The molecule has 4 aromatic rings. The number of alkyl halides is 3. The van der Waals surface area contributed by atoms with Crippen LogP contribution in [0.25, 0.3) is 5.69 Å². The number of rotatable bonds is 5. The van der Waals surface area contributed by atoms with Crippen molar-refractivity contribution in [3.63, 3.8) is 0 Å². The van der Waals surface area contributed by atoms with Crippen LogP contribution in [0.1, 0.15) is 37.7 Å². The van der Waals surface area contributed by atoms with Crippen molar-refractivity contribution in [1.29, 1.82) is 0 Å². The van der Waals surface area contributed by atoms with Crippen LogP contribution in [0.15, 0.2) is 84.9 Å². The van der Waals surface area contributed by atoms with Gasteiger partial charge in [0.2, 0.25) is 5.91 Å². The molecule has 0 bridgehead atoms. The normalized spacial score (nSPS) is 10.8. The van der Waals surface area contributed by atoms with E-state index in [4.69, 9.17) is 15.6 Å². The fourth-order valence-electron chi connectivity index (χ4n) is 3.57. The lowest BCUT2D eigenvalue weighted by Gasteiger charge is -2.16. The van der Waals surface area contributed by atoms with Crippen LogP contribution in [0.3, 0.4) is 0 Å². The Bertz CT molecular complexity index is 1360. The molecule has 0 saturated heterocycles. The quantitative estimate of drug-likeness (QED) is 0.335. The van der Waals surface area contributed by atoms with Gasteiger partial charge in [0.1, 0.15) is 11.5 Å². The molecule has 0 unspecified atom stereocenters. The van der Waals surface area contributed by atoms with E-state index in [-0.39, 0.29) is 16.9 Å². The number of amides is 1. The van der Waals surface area contributed by atoms with Crippen molar-refractivity contribution in [2.75, 3.05) is 0 Å². The molecule has 4 rings (SSSR count). The predicted octanol–water partition coefficient (Wildman–Crippen LogP) is 6.39. The van der Waals surface area contributed by atoms with E-state index in [9.17, 15) is 22.8 Å². The van der Waals surface area contributed by atoms with Crippen LogP contribution in [0.5, 0.6) is 11.5 Å². The molecule has 0 fully saturated rings. The highest BCUT2D eigenvalue weighted by atomic mass is 19.4. The van der Waals surface area contributed by atoms with Crippen molar-refractivity contribution in [2.24, 2.45) is 5.73 Å². The molecule has 9 heteroatoms. The molecule has 0 saturated carbocycles. The smallest absolute Gasteiger partial charge is 0.418 e. The molecule has 0 spiro atoms. The van der Waals surface area contributed by atoms with Crippen LogP contribution < -0.4 is 10.5 Å². The molecule has 0 aliphatic heterocycles. The van der Waals surface area contributed by atoms with E-state index in [1.807, 2.05) is 30.3 Å². The molecule has 3 aromatic carbocycles. The number of carboxylic acids is 1. The summed E-state index contributed by atoms with van der Waals surface area (Å²) in [6.07, 6.45) is -4.50. The number of carboxylic acid groups (broad SMARTS) is 1. The van der Waals surface area contributed by atoms with E-state index >= 15 is 0 Å². The number of nitrogens with two attached hydrogens (primary N) is 1. The first-order chi connectivity index (χ1) is 17.0. The van der Waals surface area contributed by atoms with Crippen molar-refractivity contribution < 1.29 is 32.6 Å². The van der Waals surface area contributed by atoms with Gasteiger partial charge in [-0.15, -0.1) is 0 Å². The molecule has 6 nitrogen and oxygen atoms in total. The third-order valence-corrected chi connectivity index (χ3v) is 5.23. The van der Waals surface area contributed by atoms with Crippen LogP contribution in [-0.4, -0.2) is 21.6 Å². The summed E-state index contributed by atoms with van der Waals surface area (Å²) < 4.78 is 46.0. The second kappa shape index (κ2) is 10.8. The van der Waals surface area contributed by atoms with E-state index in [2.05, 4.69) is 0 Å². The first kappa shape index (κ1) is 26.1. The Morgan fingerprint density at radius 2 is 1.42 bits per heavy atom. The van der Waals surface area contributed by atoms with E-state index in [1.165, 1.54) is 35.8 Å². The van der Waals surface area contributed by atoms with E-state index in [1.54, 1.807) is 31.2 Å². The van der Waals surface area contributed by atoms with Crippen molar-refractivity contribution in [2.45, 2.75) is 20.0 Å². The standard InChI is InChI=1S/C14H12F3NO2.C13H11NO2/c1-8-7-10(13(19)20)9(2)18(8)12-6-4-3-5-11(12)14(15,16)17;14-13(15)10-6-8-12(9-7-10)16-11-4-2-1-3-5-11/h3-7H,1-2H3,(H,19,20);1-9H,(H2,14,15). The fraction of sp³-hybridized carbons (Fsp3) is 0.111. The number of primary amides is 1. The van der Waals surface area contributed by atoms with Crippen LogP contribution in [-0.2, 0) is 6.18 Å². The fourth-order valence-corrected chi connectivity index (χ4v) is 3.57. The number of aryl methyl sites for hydroxylation is 1. The van der Waals surface area contributed by atoms with Gasteiger partial charge in [-0.3, -0.25) is 4.79 Å². The SMILES string of the molecule is Cc1cc(C(=O)O)c(C)n1-c1ccccc1C(F)(F)F.NC(=O)c1ccc(Oc2ccccc2)cc1. The Balaban J connectivity index is 0.000000205. The zero-order valence-corrected chi connectivity index (χ0v) is 19.4. The number of hydrogen-bond donors (Lipinski definition) is 2. The number of hydrogen-bond acceptors (Lipinski definition) is 3. The average Bonchev–Trinajstić information content (AvgIpc) is 3.14. The summed E-state index contributed by atoms with van der Waals surface area (Å²) in [4.78, 5) is 21.9. The first-order valence-corrected chi connectivity index (χ1v) is 10.7. The van der Waals surface area contributed by atoms with Crippen LogP contribution in [0.2, 0.25) is 0 Å². The number of nitrogens with zero attached hydrogens (tertiary/aromatic N) is 1. The molecule has 1 heterocycles. The zero-order chi connectivity index (χ0) is 26.5. The van der Waals surface area contributed by atoms with Gasteiger partial charge >= 0.3 is 12.1 Å². The topological polar surface area (TPSA) is 94.5 Å². The van der Waals surface area contributed by atoms with Gasteiger partial charge in [-0.1, -0.05) is 30.3 Å². The molecule has 0 aliphatic carbocycles. The summed E-state index contributed by atoms with van der Waals surface area (Å²) in [7, 11) is 0. The number of para-hydroxylation sites is 2. The average molecular weight is 496 g/mol. The molecule has 1 aromatic heterocycles. The number of aromatic carboxylic acids is 1. The number of aromatic nitrogens is 1. The summed E-state index contributed by atoms with van der Waals surface area (Å²) in [5.74, 6) is -0.161. The Morgan fingerprint density at radius 1 is 0.861 bits per heavy atom. The largest absolute Gasteiger partial charge is 0.478 e. The van der Waals surface area contributed by atoms with Crippen molar-refractivity contribution in [3.8, 4) is 17.2 Å². The molecule has 3 N–H and O–H groups in total. The Hall–Kier alpha value is -4.53. The molecular formula is C27H23F3N2O4. The van der Waals surface area contributed by atoms with Gasteiger partial charge in [0, 0.05) is 17.0 Å². The minimum absolute atomic E-state index is 0.000484. The first-order valence-electron chi connectivity index (χ1n) is 10.7. The third kappa shape index (κ3) is 6.12. The molecule has 0 radical (unpaired) electrons. The zero-order valence-electron chi connectivity index (χ0n) is 19.4. The highest BCUT2D eigenvalue weighted by Gasteiger charge is 2.34. The minimum Gasteiger partial charge on any atom is -0.478 e. The molecule has 0 aliphatic rings.